The van der Waals surface area contributed by atoms with Gasteiger partial charge >= 0.3 is 0 Å². The van der Waals surface area contributed by atoms with Gasteiger partial charge in [0.25, 0.3) is 0 Å². The van der Waals surface area contributed by atoms with E-state index in [1.54, 1.807) is 6.21 Å². The van der Waals surface area contributed by atoms with Crippen molar-refractivity contribution < 1.29 is 4.74 Å². The minimum Gasteiger partial charge on any atom is -0.471 e. The topological polar surface area (TPSA) is 21.6 Å². The van der Waals surface area contributed by atoms with Crippen LogP contribution in [0, 0.1) is 0 Å². The first-order chi connectivity index (χ1) is 5.97. The van der Waals surface area contributed by atoms with Crippen LogP contribution in [0.1, 0.15) is 5.56 Å². The van der Waals surface area contributed by atoms with Crippen molar-refractivity contribution in [3.8, 4) is 5.75 Å². The van der Waals surface area contributed by atoms with Gasteiger partial charge in [0, 0.05) is 11.8 Å². The quantitative estimate of drug-likeness (QED) is 0.568. The number of aliphatic imine (C=N–C) groups is 1. The highest BCUT2D eigenvalue weighted by Crippen LogP contribution is 2.19. The lowest BCUT2D eigenvalue weighted by atomic mass is 10.2. The molecule has 1 aliphatic rings. The lowest BCUT2D eigenvalue weighted by molar-refractivity contribution is 0.331. The average molecular weight is 159 g/mol. The molecule has 0 aromatic heterocycles. The molecule has 0 fully saturated rings. The molecular weight excluding hydrogens is 150 g/mol. The van der Waals surface area contributed by atoms with Gasteiger partial charge in [0.2, 0.25) is 0 Å². The number of hydrogen-bond donors (Lipinski definition) is 0. The van der Waals surface area contributed by atoms with Crippen LogP contribution in [0.2, 0.25) is 0 Å². The van der Waals surface area contributed by atoms with Crippen molar-refractivity contribution in [1.29, 1.82) is 0 Å². The lowest BCUT2D eigenvalue weighted by Gasteiger charge is -2.07. The van der Waals surface area contributed by atoms with Gasteiger partial charge in [-0.25, -0.2) is 0 Å². The molecule has 0 bridgehead atoms. The van der Waals surface area contributed by atoms with Crippen LogP contribution in [-0.2, 0) is 0 Å². The highest BCUT2D eigenvalue weighted by atomic mass is 16.5. The van der Waals surface area contributed by atoms with Gasteiger partial charge < -0.3 is 4.74 Å². The molecule has 0 unspecified atom stereocenters. The van der Waals surface area contributed by atoms with Crippen molar-refractivity contribution in [3.63, 3.8) is 0 Å². The van der Waals surface area contributed by atoms with Crippen molar-refractivity contribution in [2.45, 2.75) is 0 Å². The summed E-state index contributed by atoms with van der Waals surface area (Å²) in [6.45, 7) is 0.404. The van der Waals surface area contributed by atoms with E-state index in [-0.39, 0.29) is 0 Å². The minimum atomic E-state index is 0.404. The third-order valence-electron chi connectivity index (χ3n) is 1.68. The van der Waals surface area contributed by atoms with Gasteiger partial charge in [-0.15, -0.1) is 0 Å². The van der Waals surface area contributed by atoms with Crippen molar-refractivity contribution >= 4 is 12.3 Å². The van der Waals surface area contributed by atoms with E-state index in [0.717, 1.165) is 11.3 Å². The largest absolute Gasteiger partial charge is 0.471 e. The Morgan fingerprint density at radius 3 is 3.17 bits per heavy atom. The summed E-state index contributed by atoms with van der Waals surface area (Å²) in [4.78, 5) is 4.00. The molecule has 0 radical (unpaired) electrons. The van der Waals surface area contributed by atoms with Crippen molar-refractivity contribution in [1.82, 2.24) is 0 Å². The number of allylic oxidation sites excluding steroid dienone is 1. The summed E-state index contributed by atoms with van der Waals surface area (Å²) in [5.41, 5.74) is 1.10. The summed E-state index contributed by atoms with van der Waals surface area (Å²) in [5, 5.41) is 0. The summed E-state index contributed by atoms with van der Waals surface area (Å²) in [6, 6.07) is 7.91. The lowest BCUT2D eigenvalue weighted by Crippen LogP contribution is -1.97. The predicted molar refractivity (Wildman–Crippen MR) is 49.5 cm³/mol. The Hall–Kier alpha value is -1.57. The molecule has 0 aliphatic carbocycles. The maximum absolute atomic E-state index is 5.38. The summed E-state index contributed by atoms with van der Waals surface area (Å²) in [5.74, 6) is 0.894. The van der Waals surface area contributed by atoms with Crippen molar-refractivity contribution in [3.05, 3.63) is 35.9 Å². The van der Waals surface area contributed by atoms with Crippen LogP contribution < -0.4 is 4.74 Å². The maximum Gasteiger partial charge on any atom is 0.179 e. The number of nitrogens with zero attached hydrogens (tertiary/aromatic N) is 1. The predicted octanol–water partition coefficient (Wildman–Crippen LogP) is 2.12. The number of ether oxygens (including phenoxy) is 1. The summed E-state index contributed by atoms with van der Waals surface area (Å²) in [6.07, 6.45) is 5.65. The van der Waals surface area contributed by atoms with Crippen LogP contribution in [0.4, 0.5) is 0 Å². The van der Waals surface area contributed by atoms with Gasteiger partial charge in [0.1, 0.15) is 5.75 Å². The van der Waals surface area contributed by atoms with Gasteiger partial charge in [-0.05, 0) is 18.2 Å². The van der Waals surface area contributed by atoms with E-state index in [4.69, 9.17) is 4.74 Å². The van der Waals surface area contributed by atoms with Gasteiger partial charge in [-0.3, -0.25) is 4.99 Å². The van der Waals surface area contributed by atoms with Crippen LogP contribution in [0.25, 0.3) is 6.08 Å². The summed E-state index contributed by atoms with van der Waals surface area (Å²) in [7, 11) is 0. The van der Waals surface area contributed by atoms with Gasteiger partial charge in [0.05, 0.1) is 0 Å². The van der Waals surface area contributed by atoms with Crippen molar-refractivity contribution in [2.75, 3.05) is 6.73 Å². The number of fused-ring (bicyclic) bond motifs is 1. The molecule has 1 heterocycles. The second kappa shape index (κ2) is 3.22. The fourth-order valence-electron chi connectivity index (χ4n) is 1.11. The maximum atomic E-state index is 5.38. The van der Waals surface area contributed by atoms with Crippen LogP contribution in [0.15, 0.2) is 35.3 Å². The molecule has 0 atom stereocenters. The molecule has 2 nitrogen and oxygen atoms in total. The second-order valence-electron chi connectivity index (χ2n) is 2.50. The average Bonchev–Trinajstić information content (AvgIpc) is 2.06. The zero-order chi connectivity index (χ0) is 8.23. The number of rotatable bonds is 0. The molecule has 2 heteroatoms. The third-order valence-corrected chi connectivity index (χ3v) is 1.68. The minimum absolute atomic E-state index is 0.404. The molecule has 1 aromatic carbocycles. The SMILES string of the molecule is C1=C\c2ccccc2OC\N=C/1. The van der Waals surface area contributed by atoms with E-state index in [1.165, 1.54) is 0 Å². The Labute approximate surface area is 71.2 Å². The number of hydrogen-bond acceptors (Lipinski definition) is 2. The summed E-state index contributed by atoms with van der Waals surface area (Å²) < 4.78 is 5.38. The highest BCUT2D eigenvalue weighted by molar-refractivity contribution is 5.79. The van der Waals surface area contributed by atoms with E-state index in [1.807, 2.05) is 36.4 Å². The van der Waals surface area contributed by atoms with Crippen LogP contribution in [0.3, 0.4) is 0 Å². The second-order valence-corrected chi connectivity index (χ2v) is 2.50. The molecule has 12 heavy (non-hydrogen) atoms. The first kappa shape index (κ1) is 7.10. The zero-order valence-corrected chi connectivity index (χ0v) is 6.60. The Balaban J connectivity index is 2.43. The Bertz CT molecular complexity index is 328. The highest BCUT2D eigenvalue weighted by Gasteiger charge is 1.98. The normalized spacial score (nSPS) is 19.7. The van der Waals surface area contributed by atoms with Crippen molar-refractivity contribution in [2.24, 2.45) is 4.99 Å². The number of para-hydroxylation sites is 1. The van der Waals surface area contributed by atoms with E-state index >= 15 is 0 Å². The molecule has 0 saturated heterocycles. The monoisotopic (exact) mass is 159 g/mol. The van der Waals surface area contributed by atoms with Gasteiger partial charge in [-0.2, -0.15) is 0 Å². The fourth-order valence-corrected chi connectivity index (χ4v) is 1.11. The van der Waals surface area contributed by atoms with Crippen LogP contribution in [-0.4, -0.2) is 12.9 Å². The van der Waals surface area contributed by atoms with E-state index in [9.17, 15) is 0 Å². The van der Waals surface area contributed by atoms with E-state index in [2.05, 4.69) is 4.99 Å². The molecule has 0 spiro atoms. The van der Waals surface area contributed by atoms with Gasteiger partial charge in [-0.1, -0.05) is 18.2 Å². The molecule has 0 N–H and O–H groups in total. The molecule has 60 valence electrons. The molecule has 2 rings (SSSR count). The first-order valence-electron chi connectivity index (χ1n) is 3.85. The smallest absolute Gasteiger partial charge is 0.179 e. The molecule has 1 aromatic rings. The molecule has 0 saturated carbocycles. The van der Waals surface area contributed by atoms with Crippen LogP contribution in [0.5, 0.6) is 5.75 Å². The first-order valence-corrected chi connectivity index (χ1v) is 3.85. The number of benzene rings is 1. The molecule has 1 aliphatic heterocycles. The zero-order valence-electron chi connectivity index (χ0n) is 6.60. The Kier molecular flexibility index (Phi) is 1.90. The molecule has 0 amide bonds. The Morgan fingerprint density at radius 2 is 2.17 bits per heavy atom. The van der Waals surface area contributed by atoms with E-state index in [0.29, 0.717) is 6.73 Å². The molecular formula is C10H9NO. The standard InChI is InChI=1S/C10H9NO/c1-2-6-10-9(4-1)5-3-7-11-8-12-10/h1-7H,8H2/b5-3-,11-7-. The van der Waals surface area contributed by atoms with Crippen LogP contribution >= 0.6 is 0 Å². The van der Waals surface area contributed by atoms with Gasteiger partial charge in [0.15, 0.2) is 6.73 Å². The Morgan fingerprint density at radius 1 is 1.25 bits per heavy atom. The fraction of sp³-hybridized carbons (Fsp3) is 0.100. The summed E-state index contributed by atoms with van der Waals surface area (Å²) >= 11 is 0. The third kappa shape index (κ3) is 1.37. The van der Waals surface area contributed by atoms with E-state index < -0.39 is 0 Å².